The van der Waals surface area contributed by atoms with Crippen molar-refractivity contribution in [2.24, 2.45) is 0 Å². The Labute approximate surface area is 427 Å². The molecule has 1 aliphatic heterocycles. The topological polar surface area (TPSA) is 175 Å². The van der Waals surface area contributed by atoms with Gasteiger partial charge in [-0.1, -0.05) is 197 Å². The van der Waals surface area contributed by atoms with Gasteiger partial charge in [0.15, 0.2) is 6.29 Å². The number of aliphatic hydroxyl groups is 5. The highest BCUT2D eigenvalue weighted by molar-refractivity contribution is 5.76. The highest BCUT2D eigenvalue weighted by Crippen LogP contribution is 2.23. The van der Waals surface area contributed by atoms with Gasteiger partial charge in [0.05, 0.1) is 32.0 Å². The Kier molecular flexibility index (Phi) is 45.4. The zero-order valence-corrected chi connectivity index (χ0v) is 44.5. The van der Waals surface area contributed by atoms with Crippen LogP contribution >= 0.6 is 0 Å². The van der Waals surface area contributed by atoms with Crippen LogP contribution in [0.3, 0.4) is 0 Å². The maximum atomic E-state index is 13.0. The molecule has 0 aromatic rings. The Morgan fingerprint density at radius 2 is 0.971 bits per heavy atom. The van der Waals surface area contributed by atoms with Crippen LogP contribution in [0.15, 0.2) is 60.8 Å². The predicted octanol–water partition coefficient (Wildman–Crippen LogP) is 12.7. The highest BCUT2D eigenvalue weighted by atomic mass is 16.7. The van der Waals surface area contributed by atoms with Crippen LogP contribution in [0.4, 0.5) is 0 Å². The van der Waals surface area contributed by atoms with Crippen molar-refractivity contribution in [3.8, 4) is 0 Å². The second-order valence-electron chi connectivity index (χ2n) is 19.6. The fourth-order valence-corrected chi connectivity index (χ4v) is 8.52. The summed E-state index contributed by atoms with van der Waals surface area (Å²) in [6, 6.07) is -0.831. The van der Waals surface area contributed by atoms with Crippen molar-refractivity contribution in [3.63, 3.8) is 0 Å². The van der Waals surface area contributed by atoms with Gasteiger partial charge in [0.25, 0.3) is 0 Å². The fourth-order valence-electron chi connectivity index (χ4n) is 8.52. The van der Waals surface area contributed by atoms with E-state index in [-0.39, 0.29) is 18.5 Å². The molecule has 1 aliphatic rings. The molecule has 0 aromatic carbocycles. The summed E-state index contributed by atoms with van der Waals surface area (Å²) < 4.78 is 16.6. The first-order chi connectivity index (χ1) is 34.2. The lowest BCUT2D eigenvalue weighted by atomic mass is 9.99. The molecule has 7 unspecified atom stereocenters. The second kappa shape index (κ2) is 48.6. The zero-order valence-electron chi connectivity index (χ0n) is 44.5. The van der Waals surface area contributed by atoms with Gasteiger partial charge < -0.3 is 45.1 Å². The fraction of sp³-hybridized carbons (Fsp3) is 0.797. The quantitative estimate of drug-likeness (QED) is 0.0196. The molecule has 11 nitrogen and oxygen atoms in total. The predicted molar refractivity (Wildman–Crippen MR) is 287 cm³/mol. The van der Waals surface area contributed by atoms with E-state index in [0.717, 1.165) is 77.0 Å². The molecule has 0 radical (unpaired) electrons. The number of unbranched alkanes of at least 4 members (excludes halogenated alkanes) is 26. The van der Waals surface area contributed by atoms with Gasteiger partial charge in [-0.3, -0.25) is 9.59 Å². The van der Waals surface area contributed by atoms with E-state index >= 15 is 0 Å². The van der Waals surface area contributed by atoms with Crippen LogP contribution in [0, 0.1) is 0 Å². The monoisotopic (exact) mass is 988 g/mol. The largest absolute Gasteiger partial charge is 0.465 e. The van der Waals surface area contributed by atoms with Crippen molar-refractivity contribution in [2.45, 2.75) is 281 Å². The van der Waals surface area contributed by atoms with Gasteiger partial charge >= 0.3 is 5.97 Å². The molecule has 406 valence electrons. The lowest BCUT2D eigenvalue weighted by Gasteiger charge is -2.40. The van der Waals surface area contributed by atoms with Crippen molar-refractivity contribution in [3.05, 3.63) is 60.8 Å². The molecule has 7 atom stereocenters. The normalized spacial score (nSPS) is 19.7. The number of carbonyl (C=O) groups excluding carboxylic acids is 2. The van der Waals surface area contributed by atoms with Crippen molar-refractivity contribution in [2.75, 3.05) is 19.8 Å². The molecular weight excluding hydrogens is 883 g/mol. The molecule has 0 bridgehead atoms. The minimum atomic E-state index is -1.58. The summed E-state index contributed by atoms with van der Waals surface area (Å²) >= 11 is 0. The van der Waals surface area contributed by atoms with Crippen molar-refractivity contribution in [1.82, 2.24) is 5.32 Å². The first kappa shape index (κ1) is 65.4. The molecule has 1 amide bonds. The van der Waals surface area contributed by atoms with E-state index in [2.05, 4.69) is 67.8 Å². The number of amides is 1. The van der Waals surface area contributed by atoms with Crippen molar-refractivity contribution in [1.29, 1.82) is 0 Å². The van der Waals surface area contributed by atoms with E-state index in [4.69, 9.17) is 14.2 Å². The average molecular weight is 988 g/mol. The Morgan fingerprint density at radius 3 is 1.50 bits per heavy atom. The lowest BCUT2D eigenvalue weighted by molar-refractivity contribution is -0.302. The van der Waals surface area contributed by atoms with Crippen molar-refractivity contribution >= 4 is 11.9 Å². The van der Waals surface area contributed by atoms with E-state index in [0.29, 0.717) is 19.4 Å². The van der Waals surface area contributed by atoms with Gasteiger partial charge in [-0.05, 0) is 89.9 Å². The number of allylic oxidation sites excluding steroid dienone is 8. The highest BCUT2D eigenvalue weighted by Gasteiger charge is 2.44. The minimum absolute atomic E-state index is 0.0601. The standard InChI is InChI=1S/C59H105NO10/c1-3-5-7-9-11-13-14-27-31-35-39-43-47-55(64)68-48-44-40-36-32-28-25-23-21-19-17-15-16-18-20-22-24-26-30-34-38-42-46-54(63)60-51(52(62)45-41-37-33-29-12-10-8-6-4-2)50-69-59-58(67)57(66)56(65)53(49-61)70-59/h11-13,25,28-29,36,40-41,45,51-53,56-59,61-62,65-67H,3-10,14-24,26-27,30-35,37-39,42-44,46-50H2,1-2H3,(H,60,63)/b13-11-,28-25-,29-12+,40-36-,45-41+. The second-order valence-corrected chi connectivity index (χ2v) is 19.6. The van der Waals surface area contributed by atoms with E-state index in [1.165, 1.54) is 135 Å². The Morgan fingerprint density at radius 1 is 0.529 bits per heavy atom. The molecule has 1 fully saturated rings. The third kappa shape index (κ3) is 38.0. The molecule has 0 aliphatic carbocycles. The summed E-state index contributed by atoms with van der Waals surface area (Å²) in [5.41, 5.74) is 0. The first-order valence-electron chi connectivity index (χ1n) is 28.6. The molecule has 6 N–H and O–H groups in total. The van der Waals surface area contributed by atoms with E-state index in [9.17, 15) is 35.1 Å². The Hall–Kier alpha value is -2.64. The number of hydrogen-bond donors (Lipinski definition) is 6. The number of hydrogen-bond acceptors (Lipinski definition) is 10. The lowest BCUT2D eigenvalue weighted by Crippen LogP contribution is -2.60. The summed E-state index contributed by atoms with van der Waals surface area (Å²) in [6.45, 7) is 4.12. The van der Waals surface area contributed by atoms with Crippen LogP contribution in [-0.2, 0) is 23.8 Å². The van der Waals surface area contributed by atoms with Gasteiger partial charge in [0.1, 0.15) is 24.4 Å². The zero-order chi connectivity index (χ0) is 51.0. The third-order valence-corrected chi connectivity index (χ3v) is 13.1. The van der Waals surface area contributed by atoms with Crippen LogP contribution in [0.25, 0.3) is 0 Å². The number of rotatable bonds is 48. The first-order valence-corrected chi connectivity index (χ1v) is 28.6. The van der Waals surface area contributed by atoms with Gasteiger partial charge in [-0.25, -0.2) is 0 Å². The Balaban J connectivity index is 2.06. The molecular formula is C59H105NO10. The molecule has 0 spiro atoms. The van der Waals surface area contributed by atoms with Crippen LogP contribution in [0.2, 0.25) is 0 Å². The van der Waals surface area contributed by atoms with Gasteiger partial charge in [-0.15, -0.1) is 0 Å². The molecule has 70 heavy (non-hydrogen) atoms. The smallest absolute Gasteiger partial charge is 0.305 e. The third-order valence-electron chi connectivity index (χ3n) is 13.1. The molecule has 1 rings (SSSR count). The van der Waals surface area contributed by atoms with Gasteiger partial charge in [-0.2, -0.15) is 0 Å². The Bertz CT molecular complexity index is 1350. The summed E-state index contributed by atoms with van der Waals surface area (Å²) in [5.74, 6) is -0.261. The number of ether oxygens (including phenoxy) is 3. The SMILES string of the molecule is CCCCC/C=C\CCCCCCCC(=O)OCC/C=C\C/C=C\CCCCCCCCCCCCCCCCC(=O)NC(COC1OC(CO)C(O)C(O)C1O)C(O)/C=C/CC/C=C/CCCCC. The van der Waals surface area contributed by atoms with Crippen LogP contribution in [0.5, 0.6) is 0 Å². The van der Waals surface area contributed by atoms with Crippen LogP contribution in [-0.4, -0.2) is 100 Å². The number of nitrogens with one attached hydrogen (secondary N) is 1. The summed E-state index contributed by atoms with van der Waals surface area (Å²) in [7, 11) is 0. The van der Waals surface area contributed by atoms with Gasteiger partial charge in [0, 0.05) is 12.8 Å². The maximum Gasteiger partial charge on any atom is 0.305 e. The average Bonchev–Trinajstić information content (AvgIpc) is 3.36. The molecule has 1 saturated heterocycles. The number of esters is 1. The van der Waals surface area contributed by atoms with E-state index in [1.54, 1.807) is 6.08 Å². The van der Waals surface area contributed by atoms with Crippen LogP contribution in [0.1, 0.15) is 239 Å². The van der Waals surface area contributed by atoms with Crippen LogP contribution < -0.4 is 5.32 Å². The minimum Gasteiger partial charge on any atom is -0.465 e. The summed E-state index contributed by atoms with van der Waals surface area (Å²) in [6.07, 6.45) is 52.0. The molecule has 11 heteroatoms. The molecule has 0 saturated carbocycles. The molecule has 1 heterocycles. The summed E-state index contributed by atoms with van der Waals surface area (Å²) in [5, 5.41) is 54.1. The van der Waals surface area contributed by atoms with Crippen molar-refractivity contribution < 1.29 is 49.3 Å². The molecule has 0 aromatic heterocycles. The van der Waals surface area contributed by atoms with E-state index < -0.39 is 49.5 Å². The number of carbonyl (C=O) groups is 2. The maximum absolute atomic E-state index is 13.0. The van der Waals surface area contributed by atoms with E-state index in [1.807, 2.05) is 6.08 Å². The summed E-state index contributed by atoms with van der Waals surface area (Å²) in [4.78, 5) is 25.0. The number of aliphatic hydroxyl groups excluding tert-OH is 5. The van der Waals surface area contributed by atoms with Gasteiger partial charge in [0.2, 0.25) is 5.91 Å².